The lowest BCUT2D eigenvalue weighted by molar-refractivity contribution is 0.0599. The molecule has 102 valence electrons. The van der Waals surface area contributed by atoms with Gasteiger partial charge in [0.2, 0.25) is 0 Å². The van der Waals surface area contributed by atoms with Crippen molar-refractivity contribution in [2.45, 2.75) is 32.6 Å². The number of hydrogen-bond acceptors (Lipinski definition) is 4. The van der Waals surface area contributed by atoms with Gasteiger partial charge in [-0.2, -0.15) is 0 Å². The Morgan fingerprint density at radius 2 is 2.16 bits per heavy atom. The van der Waals surface area contributed by atoms with Crippen LogP contribution >= 0.6 is 0 Å². The van der Waals surface area contributed by atoms with E-state index in [1.807, 2.05) is 19.1 Å². The van der Waals surface area contributed by atoms with Crippen LogP contribution in [-0.4, -0.2) is 31.2 Å². The van der Waals surface area contributed by atoms with Crippen molar-refractivity contribution in [3.8, 4) is 0 Å². The molecule has 0 atom stereocenters. The second-order valence-corrected chi connectivity index (χ2v) is 5.82. The third-order valence-corrected chi connectivity index (χ3v) is 4.65. The van der Waals surface area contributed by atoms with E-state index in [1.165, 1.54) is 32.8 Å². The van der Waals surface area contributed by atoms with Crippen molar-refractivity contribution in [3.05, 3.63) is 23.4 Å². The lowest BCUT2D eigenvalue weighted by Gasteiger charge is -2.38. The number of pyridine rings is 1. The van der Waals surface area contributed by atoms with Crippen LogP contribution in [0.25, 0.3) is 0 Å². The van der Waals surface area contributed by atoms with E-state index in [0.29, 0.717) is 11.0 Å². The second-order valence-electron chi connectivity index (χ2n) is 5.82. The molecule has 2 aliphatic rings. The predicted molar refractivity (Wildman–Crippen MR) is 73.4 cm³/mol. The number of anilines is 1. The Morgan fingerprint density at radius 3 is 2.68 bits per heavy atom. The first-order valence-electron chi connectivity index (χ1n) is 6.94. The molecule has 0 N–H and O–H groups in total. The Labute approximate surface area is 113 Å². The minimum Gasteiger partial charge on any atom is -0.465 e. The zero-order chi connectivity index (χ0) is 13.5. The molecule has 4 nitrogen and oxygen atoms in total. The lowest BCUT2D eigenvalue weighted by atomic mass is 9.68. The maximum absolute atomic E-state index is 11.5. The molecule has 1 saturated heterocycles. The highest BCUT2D eigenvalue weighted by molar-refractivity contribution is 5.90. The Balaban J connectivity index is 1.79. The molecule has 3 rings (SSSR count). The fourth-order valence-corrected chi connectivity index (χ4v) is 3.27. The van der Waals surface area contributed by atoms with Crippen molar-refractivity contribution in [1.29, 1.82) is 0 Å². The highest BCUT2D eigenvalue weighted by atomic mass is 16.5. The molecule has 1 aliphatic heterocycles. The van der Waals surface area contributed by atoms with Gasteiger partial charge in [0.15, 0.2) is 0 Å². The molecular formula is C15H20N2O2. The van der Waals surface area contributed by atoms with Gasteiger partial charge >= 0.3 is 5.97 Å². The molecule has 0 bridgehead atoms. The number of carbonyl (C=O) groups is 1. The molecule has 19 heavy (non-hydrogen) atoms. The third kappa shape index (κ3) is 2.09. The van der Waals surface area contributed by atoms with Crippen molar-refractivity contribution in [3.63, 3.8) is 0 Å². The molecule has 2 fully saturated rings. The Bertz CT molecular complexity index is 509. The molecule has 1 aromatic rings. The number of hydrogen-bond donors (Lipinski definition) is 0. The SMILES string of the molecule is COC(=O)c1ccc(N2CCC3(CCC3)C2)nc1C. The quantitative estimate of drug-likeness (QED) is 0.766. The van der Waals surface area contributed by atoms with Gasteiger partial charge in [0.1, 0.15) is 5.82 Å². The average Bonchev–Trinajstić information content (AvgIpc) is 2.83. The Morgan fingerprint density at radius 1 is 1.37 bits per heavy atom. The molecular weight excluding hydrogens is 240 g/mol. The highest BCUT2D eigenvalue weighted by Crippen LogP contribution is 2.48. The van der Waals surface area contributed by atoms with Crippen molar-refractivity contribution in [1.82, 2.24) is 4.98 Å². The number of aryl methyl sites for hydroxylation is 1. The molecule has 1 saturated carbocycles. The van der Waals surface area contributed by atoms with Crippen LogP contribution in [0.15, 0.2) is 12.1 Å². The number of carbonyl (C=O) groups excluding carboxylic acids is 1. The van der Waals surface area contributed by atoms with E-state index in [9.17, 15) is 4.79 Å². The molecule has 0 unspecified atom stereocenters. The Kier molecular flexibility index (Phi) is 2.96. The molecule has 0 aromatic carbocycles. The van der Waals surface area contributed by atoms with Gasteiger partial charge < -0.3 is 9.64 Å². The van der Waals surface area contributed by atoms with E-state index in [2.05, 4.69) is 9.88 Å². The van der Waals surface area contributed by atoms with Gasteiger partial charge in [0.25, 0.3) is 0 Å². The average molecular weight is 260 g/mol. The smallest absolute Gasteiger partial charge is 0.339 e. The van der Waals surface area contributed by atoms with Crippen LogP contribution in [0.5, 0.6) is 0 Å². The van der Waals surface area contributed by atoms with Gasteiger partial charge in [0.05, 0.1) is 18.4 Å². The van der Waals surface area contributed by atoms with Crippen molar-refractivity contribution in [2.24, 2.45) is 5.41 Å². The summed E-state index contributed by atoms with van der Waals surface area (Å²) in [5, 5.41) is 0. The van der Waals surface area contributed by atoms with Gasteiger partial charge in [-0.25, -0.2) is 9.78 Å². The largest absolute Gasteiger partial charge is 0.465 e. The number of ether oxygens (including phenoxy) is 1. The van der Waals surface area contributed by atoms with Gasteiger partial charge in [-0.15, -0.1) is 0 Å². The third-order valence-electron chi connectivity index (χ3n) is 4.65. The summed E-state index contributed by atoms with van der Waals surface area (Å²) in [4.78, 5) is 18.5. The van der Waals surface area contributed by atoms with Crippen LogP contribution in [0.2, 0.25) is 0 Å². The highest BCUT2D eigenvalue weighted by Gasteiger charge is 2.43. The predicted octanol–water partition coefficient (Wildman–Crippen LogP) is 2.56. The van der Waals surface area contributed by atoms with Gasteiger partial charge in [-0.3, -0.25) is 0 Å². The minimum atomic E-state index is -0.312. The molecule has 4 heteroatoms. The van der Waals surface area contributed by atoms with Crippen molar-refractivity contribution < 1.29 is 9.53 Å². The standard InChI is InChI=1S/C15H20N2O2/c1-11-12(14(18)19-2)4-5-13(16-11)17-9-8-15(10-17)6-3-7-15/h4-5H,3,6-10H2,1-2H3. The van der Waals surface area contributed by atoms with Crippen molar-refractivity contribution in [2.75, 3.05) is 25.1 Å². The Hall–Kier alpha value is -1.58. The van der Waals surface area contributed by atoms with Crippen LogP contribution in [-0.2, 0) is 4.74 Å². The fourth-order valence-electron chi connectivity index (χ4n) is 3.27. The number of methoxy groups -OCH3 is 1. The normalized spacial score (nSPS) is 20.4. The van der Waals surface area contributed by atoms with Gasteiger partial charge in [-0.1, -0.05) is 6.42 Å². The monoisotopic (exact) mass is 260 g/mol. The van der Waals surface area contributed by atoms with E-state index in [1.54, 1.807) is 0 Å². The fraction of sp³-hybridized carbons (Fsp3) is 0.600. The minimum absolute atomic E-state index is 0.312. The number of rotatable bonds is 2. The van der Waals surface area contributed by atoms with E-state index >= 15 is 0 Å². The molecule has 2 heterocycles. The molecule has 1 aliphatic carbocycles. The molecule has 1 spiro atoms. The summed E-state index contributed by atoms with van der Waals surface area (Å²) in [5.74, 6) is 0.683. The summed E-state index contributed by atoms with van der Waals surface area (Å²) >= 11 is 0. The molecule has 0 amide bonds. The molecule has 0 radical (unpaired) electrons. The first-order chi connectivity index (χ1) is 9.13. The van der Waals surface area contributed by atoms with Crippen LogP contribution < -0.4 is 4.90 Å². The summed E-state index contributed by atoms with van der Waals surface area (Å²) < 4.78 is 4.75. The van der Waals surface area contributed by atoms with Crippen molar-refractivity contribution >= 4 is 11.8 Å². The van der Waals surface area contributed by atoms with E-state index in [0.717, 1.165) is 24.6 Å². The van der Waals surface area contributed by atoms with E-state index in [-0.39, 0.29) is 5.97 Å². The van der Waals surface area contributed by atoms with Gasteiger partial charge in [-0.05, 0) is 43.7 Å². The van der Waals surface area contributed by atoms with Crippen LogP contribution in [0, 0.1) is 12.3 Å². The summed E-state index contributed by atoms with van der Waals surface area (Å²) in [6.07, 6.45) is 5.39. The van der Waals surface area contributed by atoms with Crippen LogP contribution in [0.1, 0.15) is 41.7 Å². The molecule has 1 aromatic heterocycles. The maximum atomic E-state index is 11.5. The summed E-state index contributed by atoms with van der Waals surface area (Å²) in [7, 11) is 1.40. The summed E-state index contributed by atoms with van der Waals surface area (Å²) in [5.41, 5.74) is 1.87. The van der Waals surface area contributed by atoms with Gasteiger partial charge in [0, 0.05) is 13.1 Å². The lowest BCUT2D eigenvalue weighted by Crippen LogP contribution is -2.33. The summed E-state index contributed by atoms with van der Waals surface area (Å²) in [6, 6.07) is 3.77. The number of aromatic nitrogens is 1. The summed E-state index contributed by atoms with van der Waals surface area (Å²) in [6.45, 7) is 4.08. The zero-order valence-corrected chi connectivity index (χ0v) is 11.6. The van der Waals surface area contributed by atoms with E-state index in [4.69, 9.17) is 4.74 Å². The second kappa shape index (κ2) is 4.51. The topological polar surface area (TPSA) is 42.4 Å². The first kappa shape index (κ1) is 12.5. The number of nitrogens with zero attached hydrogens (tertiary/aromatic N) is 2. The van der Waals surface area contributed by atoms with E-state index < -0.39 is 0 Å². The maximum Gasteiger partial charge on any atom is 0.339 e. The zero-order valence-electron chi connectivity index (χ0n) is 11.6. The first-order valence-corrected chi connectivity index (χ1v) is 6.94. The van der Waals surface area contributed by atoms with Crippen LogP contribution in [0.4, 0.5) is 5.82 Å². The number of esters is 1. The van der Waals surface area contributed by atoms with Crippen LogP contribution in [0.3, 0.4) is 0 Å².